The summed E-state index contributed by atoms with van der Waals surface area (Å²) in [6, 6.07) is 6.94. The summed E-state index contributed by atoms with van der Waals surface area (Å²) < 4.78 is 18.2. The van der Waals surface area contributed by atoms with E-state index in [1.54, 1.807) is 41.6 Å². The fourth-order valence-electron chi connectivity index (χ4n) is 3.29. The molecule has 0 saturated heterocycles. The van der Waals surface area contributed by atoms with E-state index in [4.69, 9.17) is 9.94 Å². The van der Waals surface area contributed by atoms with Gasteiger partial charge in [-0.2, -0.15) is 10.2 Å². The van der Waals surface area contributed by atoms with E-state index < -0.39 is 0 Å². The van der Waals surface area contributed by atoms with E-state index in [9.17, 15) is 4.39 Å². The molecule has 1 aromatic carbocycles. The second-order valence-electron chi connectivity index (χ2n) is 6.83. The Morgan fingerprint density at radius 3 is 2.93 bits per heavy atom. The average molecular weight is 396 g/mol. The minimum Gasteiger partial charge on any atom is -0.393 e. The van der Waals surface area contributed by atoms with Gasteiger partial charge in [-0.15, -0.1) is 0 Å². The Morgan fingerprint density at radius 1 is 1.31 bits per heavy atom. The van der Waals surface area contributed by atoms with E-state index in [1.165, 1.54) is 6.07 Å². The fraction of sp³-hybridized carbons (Fsp3) is 0.300. The molecule has 150 valence electrons. The molecule has 0 aliphatic heterocycles. The van der Waals surface area contributed by atoms with Gasteiger partial charge < -0.3 is 9.94 Å². The second kappa shape index (κ2) is 7.59. The summed E-state index contributed by atoms with van der Waals surface area (Å²) in [5.41, 5.74) is 3.87. The van der Waals surface area contributed by atoms with Gasteiger partial charge in [0.1, 0.15) is 23.8 Å². The van der Waals surface area contributed by atoms with Crippen molar-refractivity contribution in [3.05, 3.63) is 59.4 Å². The SMILES string of the molecule is C/C(=N/OCCO)c1ccc2ncc(C(C)c3cc4cnn(C)c4cc3F)n2n1. The molecule has 0 aliphatic rings. The number of hydrogen-bond acceptors (Lipinski definition) is 6. The maximum Gasteiger partial charge on any atom is 0.153 e. The van der Waals surface area contributed by atoms with Crippen molar-refractivity contribution in [3.8, 4) is 0 Å². The minimum atomic E-state index is -0.296. The van der Waals surface area contributed by atoms with Gasteiger partial charge >= 0.3 is 0 Å². The molecule has 0 bridgehead atoms. The van der Waals surface area contributed by atoms with Crippen molar-refractivity contribution >= 4 is 22.3 Å². The van der Waals surface area contributed by atoms with Crippen LogP contribution in [0.5, 0.6) is 0 Å². The van der Waals surface area contributed by atoms with Crippen molar-refractivity contribution in [1.82, 2.24) is 24.4 Å². The number of nitrogens with zero attached hydrogens (tertiary/aromatic N) is 6. The number of benzene rings is 1. The quantitative estimate of drug-likeness (QED) is 0.307. The van der Waals surface area contributed by atoms with Crippen molar-refractivity contribution in [3.63, 3.8) is 0 Å². The van der Waals surface area contributed by atoms with Crippen LogP contribution >= 0.6 is 0 Å². The van der Waals surface area contributed by atoms with Crippen molar-refractivity contribution in [1.29, 1.82) is 0 Å². The number of aromatic nitrogens is 5. The number of halogens is 1. The molecule has 8 nitrogen and oxygen atoms in total. The molecular formula is C20H21FN6O2. The van der Waals surface area contributed by atoms with Gasteiger partial charge in [0.25, 0.3) is 0 Å². The van der Waals surface area contributed by atoms with Crippen molar-refractivity contribution in [2.45, 2.75) is 19.8 Å². The zero-order valence-corrected chi connectivity index (χ0v) is 16.4. The summed E-state index contributed by atoms with van der Waals surface area (Å²) in [5.74, 6) is -0.574. The molecule has 9 heteroatoms. The van der Waals surface area contributed by atoms with Gasteiger partial charge in [-0.3, -0.25) is 4.68 Å². The number of rotatable bonds is 6. The molecule has 1 unspecified atom stereocenters. The fourth-order valence-corrected chi connectivity index (χ4v) is 3.29. The highest BCUT2D eigenvalue weighted by Crippen LogP contribution is 2.29. The Hall–Kier alpha value is -3.33. The maximum atomic E-state index is 14.9. The highest BCUT2D eigenvalue weighted by molar-refractivity contribution is 5.96. The standard InChI is InChI=1S/C20H21FN6O2/c1-12(15-8-14-10-23-26(3)18(14)9-16(15)21)19-11-22-20-5-4-17(24-27(19)20)13(2)25-29-7-6-28/h4-5,8-12,28H,6-7H2,1-3H3/b25-13-. The summed E-state index contributed by atoms with van der Waals surface area (Å²) in [4.78, 5) is 9.41. The van der Waals surface area contributed by atoms with E-state index in [1.807, 2.05) is 19.1 Å². The Kier molecular flexibility index (Phi) is 4.98. The van der Waals surface area contributed by atoms with Gasteiger partial charge in [0, 0.05) is 24.4 Å². The molecule has 0 radical (unpaired) electrons. The van der Waals surface area contributed by atoms with Crippen LogP contribution in [-0.2, 0) is 11.9 Å². The Labute approximate surface area is 166 Å². The van der Waals surface area contributed by atoms with Gasteiger partial charge in [0.05, 0.1) is 30.2 Å². The molecule has 0 amide bonds. The number of aliphatic hydroxyl groups excluding tert-OH is 1. The highest BCUT2D eigenvalue weighted by atomic mass is 19.1. The van der Waals surface area contributed by atoms with Crippen molar-refractivity contribution < 1.29 is 14.3 Å². The smallest absolute Gasteiger partial charge is 0.153 e. The van der Waals surface area contributed by atoms with Crippen molar-refractivity contribution in [2.75, 3.05) is 13.2 Å². The molecule has 4 aromatic rings. The van der Waals surface area contributed by atoms with Crippen LogP contribution in [0, 0.1) is 5.82 Å². The largest absolute Gasteiger partial charge is 0.393 e. The lowest BCUT2D eigenvalue weighted by atomic mass is 9.96. The lowest BCUT2D eigenvalue weighted by Crippen LogP contribution is -2.09. The van der Waals surface area contributed by atoms with Crippen LogP contribution in [0.15, 0.2) is 41.8 Å². The molecule has 1 N–H and O–H groups in total. The molecule has 0 fully saturated rings. The Morgan fingerprint density at radius 2 is 2.14 bits per heavy atom. The molecular weight excluding hydrogens is 375 g/mol. The van der Waals surface area contributed by atoms with Gasteiger partial charge in [-0.1, -0.05) is 12.1 Å². The topological polar surface area (TPSA) is 89.8 Å². The minimum absolute atomic E-state index is 0.112. The van der Waals surface area contributed by atoms with E-state index in [-0.39, 0.29) is 24.9 Å². The lowest BCUT2D eigenvalue weighted by Gasteiger charge is -2.13. The van der Waals surface area contributed by atoms with E-state index in [0.29, 0.717) is 22.6 Å². The summed E-state index contributed by atoms with van der Waals surface area (Å²) in [6.45, 7) is 3.69. The molecule has 3 aromatic heterocycles. The Balaban J connectivity index is 1.74. The highest BCUT2D eigenvalue weighted by Gasteiger charge is 2.20. The number of imidazole rings is 1. The van der Waals surface area contributed by atoms with Gasteiger partial charge in [0.15, 0.2) is 5.65 Å². The molecule has 3 heterocycles. The first kappa shape index (κ1) is 19.0. The zero-order valence-electron chi connectivity index (χ0n) is 16.4. The predicted octanol–water partition coefficient (Wildman–Crippen LogP) is 2.64. The maximum absolute atomic E-state index is 14.9. The van der Waals surface area contributed by atoms with Crippen LogP contribution in [0.3, 0.4) is 0 Å². The van der Waals surface area contributed by atoms with Crippen LogP contribution in [-0.4, -0.2) is 48.4 Å². The third-order valence-corrected chi connectivity index (χ3v) is 4.92. The first-order chi connectivity index (χ1) is 14.0. The number of oxime groups is 1. The lowest BCUT2D eigenvalue weighted by molar-refractivity contribution is 0.0986. The molecule has 4 rings (SSSR count). The number of hydrogen-bond donors (Lipinski definition) is 1. The summed E-state index contributed by atoms with van der Waals surface area (Å²) in [5, 5.41) is 22.4. The number of aliphatic hydroxyl groups is 1. The summed E-state index contributed by atoms with van der Waals surface area (Å²) >= 11 is 0. The molecule has 0 saturated carbocycles. The van der Waals surface area contributed by atoms with Gasteiger partial charge in [-0.25, -0.2) is 13.9 Å². The number of fused-ring (bicyclic) bond motifs is 2. The predicted molar refractivity (Wildman–Crippen MR) is 106 cm³/mol. The zero-order chi connectivity index (χ0) is 20.5. The molecule has 0 aliphatic carbocycles. The second-order valence-corrected chi connectivity index (χ2v) is 6.83. The third-order valence-electron chi connectivity index (χ3n) is 4.92. The Bertz CT molecular complexity index is 1210. The van der Waals surface area contributed by atoms with E-state index >= 15 is 0 Å². The van der Waals surface area contributed by atoms with Gasteiger partial charge in [-0.05, 0) is 30.7 Å². The molecule has 29 heavy (non-hydrogen) atoms. The van der Waals surface area contributed by atoms with Crippen LogP contribution < -0.4 is 0 Å². The summed E-state index contributed by atoms with van der Waals surface area (Å²) in [6.07, 6.45) is 3.43. The van der Waals surface area contributed by atoms with Crippen LogP contribution in [0.4, 0.5) is 4.39 Å². The molecule has 0 spiro atoms. The number of aryl methyl sites for hydroxylation is 1. The first-order valence-electron chi connectivity index (χ1n) is 9.23. The van der Waals surface area contributed by atoms with E-state index in [2.05, 4.69) is 20.3 Å². The van der Waals surface area contributed by atoms with Crippen molar-refractivity contribution in [2.24, 2.45) is 12.2 Å². The molecule has 1 atom stereocenters. The first-order valence-corrected chi connectivity index (χ1v) is 9.23. The van der Waals surface area contributed by atoms with Crippen LogP contribution in [0.25, 0.3) is 16.6 Å². The van der Waals surface area contributed by atoms with Crippen LogP contribution in [0.1, 0.15) is 36.7 Å². The van der Waals surface area contributed by atoms with E-state index in [0.717, 1.165) is 16.6 Å². The summed E-state index contributed by atoms with van der Waals surface area (Å²) in [7, 11) is 1.79. The normalized spacial score (nSPS) is 13.3. The van der Waals surface area contributed by atoms with Crippen LogP contribution in [0.2, 0.25) is 0 Å². The average Bonchev–Trinajstić information content (AvgIpc) is 3.30. The monoisotopic (exact) mass is 396 g/mol. The van der Waals surface area contributed by atoms with Gasteiger partial charge in [0.2, 0.25) is 0 Å². The third kappa shape index (κ3) is 3.44.